The second-order valence-electron chi connectivity index (χ2n) is 6.33. The molecule has 2 N–H and O–H groups in total. The van der Waals surface area contributed by atoms with Gasteiger partial charge in [0.05, 0.1) is 10.4 Å². The predicted octanol–water partition coefficient (Wildman–Crippen LogP) is 4.25. The van der Waals surface area contributed by atoms with E-state index in [-0.39, 0.29) is 10.8 Å². The van der Waals surface area contributed by atoms with Crippen LogP contribution in [0.1, 0.15) is 26.3 Å². The molecule has 5 nitrogen and oxygen atoms in total. The Labute approximate surface area is 155 Å². The van der Waals surface area contributed by atoms with E-state index < -0.39 is 29.2 Å². The largest absolute Gasteiger partial charge is 0.481 e. The number of ether oxygens (including phenoxy) is 1. The Morgan fingerprint density at radius 2 is 1.81 bits per heavy atom. The van der Waals surface area contributed by atoms with E-state index in [0.29, 0.717) is 11.3 Å². The van der Waals surface area contributed by atoms with Crippen molar-refractivity contribution in [3.63, 3.8) is 0 Å². The minimum atomic E-state index is -1.03. The number of amides is 1. The second kappa shape index (κ2) is 7.74. The Morgan fingerprint density at radius 3 is 2.35 bits per heavy atom. The third-order valence-electron chi connectivity index (χ3n) is 3.98. The molecule has 2 aromatic rings. The molecule has 2 aromatic carbocycles. The lowest BCUT2D eigenvalue weighted by atomic mass is 9.85. The van der Waals surface area contributed by atoms with Crippen LogP contribution in [0.5, 0.6) is 5.75 Å². The van der Waals surface area contributed by atoms with E-state index in [1.165, 1.54) is 19.1 Å². The van der Waals surface area contributed by atoms with Crippen molar-refractivity contribution in [2.24, 2.45) is 0 Å². The summed E-state index contributed by atoms with van der Waals surface area (Å²) in [6, 6.07) is 10.2. The first-order valence-electron chi connectivity index (χ1n) is 7.88. The standard InChI is InChI=1S/C19H19ClFNO4/c1-11(26-16-9-6-13(21)10-15(16)20)17(23)22-14-7-4-12(5-8-14)19(2,3)18(24)25/h4-11H,1-3H3,(H,22,23)(H,24,25). The van der Waals surface area contributed by atoms with Crippen LogP contribution in [0.15, 0.2) is 42.5 Å². The fourth-order valence-corrected chi connectivity index (χ4v) is 2.36. The van der Waals surface area contributed by atoms with E-state index >= 15 is 0 Å². The molecule has 7 heteroatoms. The number of hydrogen-bond acceptors (Lipinski definition) is 3. The van der Waals surface area contributed by atoms with E-state index in [1.807, 2.05) is 0 Å². The lowest BCUT2D eigenvalue weighted by Crippen LogP contribution is -2.30. The van der Waals surface area contributed by atoms with Crippen molar-refractivity contribution in [3.05, 3.63) is 58.9 Å². The molecule has 0 aliphatic rings. The Hall–Kier alpha value is -2.60. The van der Waals surface area contributed by atoms with Gasteiger partial charge in [-0.2, -0.15) is 0 Å². The molecular weight excluding hydrogens is 361 g/mol. The molecule has 0 aliphatic carbocycles. The highest BCUT2D eigenvalue weighted by Crippen LogP contribution is 2.27. The Kier molecular flexibility index (Phi) is 5.87. The molecule has 0 saturated carbocycles. The van der Waals surface area contributed by atoms with Crippen LogP contribution in [0.3, 0.4) is 0 Å². The molecule has 138 valence electrons. The summed E-state index contributed by atoms with van der Waals surface area (Å²) in [6.45, 7) is 4.74. The van der Waals surface area contributed by atoms with Gasteiger partial charge in [-0.3, -0.25) is 9.59 Å². The van der Waals surface area contributed by atoms with Crippen LogP contribution >= 0.6 is 11.6 Å². The zero-order valence-corrected chi connectivity index (χ0v) is 15.3. The molecule has 0 spiro atoms. The summed E-state index contributed by atoms with van der Waals surface area (Å²) in [4.78, 5) is 23.5. The molecule has 0 fully saturated rings. The lowest BCUT2D eigenvalue weighted by Gasteiger charge is -2.20. The van der Waals surface area contributed by atoms with Gasteiger partial charge in [-0.1, -0.05) is 23.7 Å². The van der Waals surface area contributed by atoms with Crippen molar-refractivity contribution < 1.29 is 23.8 Å². The van der Waals surface area contributed by atoms with Crippen molar-refractivity contribution in [1.29, 1.82) is 0 Å². The van der Waals surface area contributed by atoms with Crippen molar-refractivity contribution in [3.8, 4) is 5.75 Å². The molecule has 1 unspecified atom stereocenters. The quantitative estimate of drug-likeness (QED) is 0.786. The average Bonchev–Trinajstić information content (AvgIpc) is 2.57. The van der Waals surface area contributed by atoms with Gasteiger partial charge in [0.2, 0.25) is 0 Å². The minimum absolute atomic E-state index is 0.0740. The van der Waals surface area contributed by atoms with Crippen LogP contribution in [-0.2, 0) is 15.0 Å². The van der Waals surface area contributed by atoms with Gasteiger partial charge in [-0.25, -0.2) is 4.39 Å². The molecular formula is C19H19ClFNO4. The first-order valence-corrected chi connectivity index (χ1v) is 8.25. The third kappa shape index (κ3) is 4.52. The Bertz CT molecular complexity index is 821. The summed E-state index contributed by atoms with van der Waals surface area (Å²) in [7, 11) is 0. The molecule has 26 heavy (non-hydrogen) atoms. The van der Waals surface area contributed by atoms with E-state index in [4.69, 9.17) is 16.3 Å². The fraction of sp³-hybridized carbons (Fsp3) is 0.263. The maximum absolute atomic E-state index is 13.0. The van der Waals surface area contributed by atoms with Crippen LogP contribution in [0.25, 0.3) is 0 Å². The predicted molar refractivity (Wildman–Crippen MR) is 97.2 cm³/mol. The molecule has 0 bridgehead atoms. The summed E-state index contributed by atoms with van der Waals surface area (Å²) in [5.74, 6) is -1.65. The van der Waals surface area contributed by atoms with Gasteiger partial charge in [0.25, 0.3) is 5.91 Å². The van der Waals surface area contributed by atoms with Crippen LogP contribution in [0.4, 0.5) is 10.1 Å². The first kappa shape index (κ1) is 19.7. The zero-order valence-electron chi connectivity index (χ0n) is 14.5. The normalized spacial score (nSPS) is 12.3. The van der Waals surface area contributed by atoms with Crippen LogP contribution in [0.2, 0.25) is 5.02 Å². The molecule has 1 amide bonds. The number of halogens is 2. The number of rotatable bonds is 6. The van der Waals surface area contributed by atoms with Crippen molar-refractivity contribution in [2.75, 3.05) is 5.32 Å². The highest BCUT2D eigenvalue weighted by molar-refractivity contribution is 6.32. The lowest BCUT2D eigenvalue weighted by molar-refractivity contribution is -0.142. The number of hydrogen-bond donors (Lipinski definition) is 2. The Balaban J connectivity index is 2.03. The summed E-state index contributed by atoms with van der Waals surface area (Å²) in [6.07, 6.45) is -0.868. The van der Waals surface area contributed by atoms with E-state index in [2.05, 4.69) is 5.32 Å². The van der Waals surface area contributed by atoms with E-state index in [1.54, 1.807) is 38.1 Å². The summed E-state index contributed by atoms with van der Waals surface area (Å²) < 4.78 is 18.5. The molecule has 0 aromatic heterocycles. The highest BCUT2D eigenvalue weighted by atomic mass is 35.5. The minimum Gasteiger partial charge on any atom is -0.481 e. The van der Waals surface area contributed by atoms with Gasteiger partial charge in [0.1, 0.15) is 11.6 Å². The molecule has 1 atom stereocenters. The van der Waals surface area contributed by atoms with Gasteiger partial charge in [-0.05, 0) is 56.7 Å². The van der Waals surface area contributed by atoms with Gasteiger partial charge in [0.15, 0.2) is 6.10 Å². The van der Waals surface area contributed by atoms with Gasteiger partial charge >= 0.3 is 5.97 Å². The first-order chi connectivity index (χ1) is 12.1. The van der Waals surface area contributed by atoms with Crippen LogP contribution < -0.4 is 10.1 Å². The third-order valence-corrected chi connectivity index (χ3v) is 4.27. The van der Waals surface area contributed by atoms with Crippen molar-refractivity contribution in [1.82, 2.24) is 0 Å². The summed E-state index contributed by atoms with van der Waals surface area (Å²) in [5.41, 5.74) is 0.0872. The smallest absolute Gasteiger partial charge is 0.313 e. The number of benzene rings is 2. The molecule has 0 saturated heterocycles. The SMILES string of the molecule is CC(Oc1ccc(F)cc1Cl)C(=O)Nc1ccc(C(C)(C)C(=O)O)cc1. The summed E-state index contributed by atoms with van der Waals surface area (Å²) >= 11 is 5.88. The highest BCUT2D eigenvalue weighted by Gasteiger charge is 2.29. The maximum Gasteiger partial charge on any atom is 0.313 e. The maximum atomic E-state index is 13.0. The number of carboxylic acid groups (broad SMARTS) is 1. The van der Waals surface area contributed by atoms with E-state index in [9.17, 15) is 19.1 Å². The van der Waals surface area contributed by atoms with Gasteiger partial charge < -0.3 is 15.2 Å². The fourth-order valence-electron chi connectivity index (χ4n) is 2.15. The van der Waals surface area contributed by atoms with Crippen molar-refractivity contribution >= 4 is 29.2 Å². The van der Waals surface area contributed by atoms with E-state index in [0.717, 1.165) is 6.07 Å². The number of carboxylic acids is 1. The monoisotopic (exact) mass is 379 g/mol. The average molecular weight is 380 g/mol. The molecule has 2 rings (SSSR count). The Morgan fingerprint density at radius 1 is 1.19 bits per heavy atom. The molecule has 0 heterocycles. The topological polar surface area (TPSA) is 75.6 Å². The number of nitrogens with one attached hydrogen (secondary N) is 1. The number of aliphatic carboxylic acids is 1. The second-order valence-corrected chi connectivity index (χ2v) is 6.74. The summed E-state index contributed by atoms with van der Waals surface area (Å²) in [5, 5.41) is 12.0. The van der Waals surface area contributed by atoms with Crippen molar-refractivity contribution in [2.45, 2.75) is 32.3 Å². The van der Waals surface area contributed by atoms with Gasteiger partial charge in [0, 0.05) is 5.69 Å². The molecule has 0 aliphatic heterocycles. The van der Waals surface area contributed by atoms with Crippen LogP contribution in [0, 0.1) is 5.82 Å². The number of carbonyl (C=O) groups is 2. The molecule has 0 radical (unpaired) electrons. The van der Waals surface area contributed by atoms with Crippen LogP contribution in [-0.4, -0.2) is 23.1 Å². The number of carbonyl (C=O) groups excluding carboxylic acids is 1. The number of anilines is 1. The zero-order chi connectivity index (χ0) is 19.5. The van der Waals surface area contributed by atoms with Gasteiger partial charge in [-0.15, -0.1) is 0 Å².